The van der Waals surface area contributed by atoms with Crippen molar-refractivity contribution in [3.63, 3.8) is 0 Å². The molecule has 5 rings (SSSR count). The van der Waals surface area contributed by atoms with Gasteiger partial charge in [0.25, 0.3) is 0 Å². The smallest absolute Gasteiger partial charge is 0.163 e. The first-order chi connectivity index (χ1) is 16.3. The Morgan fingerprint density at radius 1 is 1.03 bits per heavy atom. The van der Waals surface area contributed by atoms with Crippen LogP contribution >= 0.6 is 0 Å². The van der Waals surface area contributed by atoms with Crippen molar-refractivity contribution in [2.45, 2.75) is 13.5 Å². The molecule has 0 bridgehead atoms. The molecule has 0 saturated heterocycles. The van der Waals surface area contributed by atoms with Gasteiger partial charge in [0.2, 0.25) is 0 Å². The Morgan fingerprint density at radius 2 is 2.00 bits per heavy atom. The molecule has 0 amide bonds. The van der Waals surface area contributed by atoms with E-state index in [1.165, 1.54) is 5.57 Å². The second-order valence-electron chi connectivity index (χ2n) is 7.60. The minimum Gasteiger partial charge on any atom is -0.364 e. The van der Waals surface area contributed by atoms with Gasteiger partial charge in [0.1, 0.15) is 5.82 Å². The van der Waals surface area contributed by atoms with E-state index in [0.29, 0.717) is 12.4 Å². The van der Waals surface area contributed by atoms with Gasteiger partial charge in [0.15, 0.2) is 5.82 Å². The lowest BCUT2D eigenvalue weighted by Gasteiger charge is -2.13. The monoisotopic (exact) mass is 427 g/mol. The van der Waals surface area contributed by atoms with Crippen LogP contribution in [0.1, 0.15) is 24.0 Å². The van der Waals surface area contributed by atoms with Crippen LogP contribution in [0.2, 0.25) is 0 Å². The molecule has 1 aliphatic heterocycles. The van der Waals surface area contributed by atoms with E-state index < -0.39 is 0 Å². The van der Waals surface area contributed by atoms with E-state index in [-0.39, 0.29) is 0 Å². The third-order valence-electron chi connectivity index (χ3n) is 5.34. The van der Waals surface area contributed by atoms with E-state index in [1.54, 1.807) is 18.6 Å². The van der Waals surface area contributed by atoms with Gasteiger partial charge < -0.3 is 5.32 Å². The molecule has 0 fully saturated rings. The molecule has 3 aromatic rings. The summed E-state index contributed by atoms with van der Waals surface area (Å²) >= 11 is 0. The molecule has 0 spiro atoms. The summed E-state index contributed by atoms with van der Waals surface area (Å²) in [6, 6.07) is 12.1. The number of allylic oxidation sites excluding steroid dienone is 8. The van der Waals surface area contributed by atoms with Crippen molar-refractivity contribution in [2.24, 2.45) is 4.99 Å². The van der Waals surface area contributed by atoms with E-state index in [0.717, 1.165) is 39.1 Å². The lowest BCUT2D eigenvalue weighted by atomic mass is 9.99. The molecule has 1 N–H and O–H groups in total. The minimum atomic E-state index is 0.561. The van der Waals surface area contributed by atoms with E-state index in [4.69, 9.17) is 9.97 Å². The molecular formula is C28H21N5. The lowest BCUT2D eigenvalue weighted by molar-refractivity contribution is 1.02. The van der Waals surface area contributed by atoms with Crippen molar-refractivity contribution >= 4 is 34.1 Å². The Kier molecular flexibility index (Phi) is 5.73. The summed E-state index contributed by atoms with van der Waals surface area (Å²) in [6.07, 6.45) is 16.9. The Hall–Kier alpha value is -4.56. The van der Waals surface area contributed by atoms with Gasteiger partial charge in [-0.25, -0.2) is 9.97 Å². The van der Waals surface area contributed by atoms with Crippen LogP contribution in [0.5, 0.6) is 0 Å². The van der Waals surface area contributed by atoms with Gasteiger partial charge in [-0.05, 0) is 72.2 Å². The standard InChI is InChI=1S/C28H21N5/c1-20-9-3-2-4-12-24(20)21-13-14-25-26(17-21)32-27(22-10-5-7-15-29-18-22)33-28(25)31-19-23-11-6-8-16-30-23/h2-3,5-6,8-18H,19H2,1H3,(H,31,32,33). The van der Waals surface area contributed by atoms with Crippen molar-refractivity contribution in [3.05, 3.63) is 119 Å². The van der Waals surface area contributed by atoms with Crippen LogP contribution in [0, 0.1) is 0 Å². The summed E-state index contributed by atoms with van der Waals surface area (Å²) in [6.45, 7) is 2.66. The topological polar surface area (TPSA) is 63.1 Å². The zero-order chi connectivity index (χ0) is 22.5. The summed E-state index contributed by atoms with van der Waals surface area (Å²) < 4.78 is 0. The van der Waals surface area contributed by atoms with Crippen LogP contribution in [0.4, 0.5) is 5.82 Å². The molecule has 33 heavy (non-hydrogen) atoms. The highest BCUT2D eigenvalue weighted by Gasteiger charge is 2.13. The largest absolute Gasteiger partial charge is 0.364 e. The van der Waals surface area contributed by atoms with Crippen LogP contribution in [0.25, 0.3) is 22.0 Å². The predicted octanol–water partition coefficient (Wildman–Crippen LogP) is 5.83. The van der Waals surface area contributed by atoms with E-state index in [9.17, 15) is 0 Å². The average molecular weight is 428 g/mol. The SMILES string of the molecule is CC1=C(c2ccc3c(NCc4ccccn4)nc(C4=CC=C=CN=C4)nc3c2)C=C=CC=C1. The molecule has 1 aliphatic carbocycles. The summed E-state index contributed by atoms with van der Waals surface area (Å²) in [7, 11) is 0. The maximum Gasteiger partial charge on any atom is 0.163 e. The molecule has 1 aromatic carbocycles. The van der Waals surface area contributed by atoms with Gasteiger partial charge in [-0.15, -0.1) is 11.5 Å². The van der Waals surface area contributed by atoms with Crippen molar-refractivity contribution in [1.82, 2.24) is 15.0 Å². The van der Waals surface area contributed by atoms with Crippen LogP contribution in [-0.2, 0) is 6.54 Å². The van der Waals surface area contributed by atoms with Crippen LogP contribution < -0.4 is 5.32 Å². The maximum atomic E-state index is 4.89. The number of hydrogen-bond acceptors (Lipinski definition) is 5. The number of hydrogen-bond donors (Lipinski definition) is 1. The molecule has 0 atom stereocenters. The maximum absolute atomic E-state index is 4.89. The number of fused-ring (bicyclic) bond motifs is 1. The number of benzene rings is 1. The summed E-state index contributed by atoms with van der Waals surface area (Å²) in [5.41, 5.74) is 12.2. The Labute approximate surface area is 192 Å². The predicted molar refractivity (Wildman–Crippen MR) is 135 cm³/mol. The molecule has 3 heterocycles. The fraction of sp³-hybridized carbons (Fsp3) is 0.0714. The summed E-state index contributed by atoms with van der Waals surface area (Å²) in [5.74, 6) is 1.35. The quantitative estimate of drug-likeness (QED) is 0.521. The van der Waals surface area contributed by atoms with Crippen LogP contribution in [0.15, 0.2) is 107 Å². The molecular weight excluding hydrogens is 406 g/mol. The first-order valence-electron chi connectivity index (χ1n) is 10.7. The van der Waals surface area contributed by atoms with Crippen molar-refractivity contribution < 1.29 is 0 Å². The van der Waals surface area contributed by atoms with E-state index in [2.05, 4.69) is 58.0 Å². The second kappa shape index (κ2) is 9.29. The normalized spacial score (nSPS) is 14.5. The molecule has 5 nitrogen and oxygen atoms in total. The van der Waals surface area contributed by atoms with Crippen molar-refractivity contribution in [1.29, 1.82) is 0 Å². The summed E-state index contributed by atoms with van der Waals surface area (Å²) in [4.78, 5) is 18.4. The highest BCUT2D eigenvalue weighted by atomic mass is 15.0. The Balaban J connectivity index is 1.62. The van der Waals surface area contributed by atoms with Crippen LogP contribution in [-0.4, -0.2) is 21.2 Å². The van der Waals surface area contributed by atoms with Crippen molar-refractivity contribution in [2.75, 3.05) is 5.32 Å². The molecule has 0 radical (unpaired) electrons. The molecule has 158 valence electrons. The average Bonchev–Trinajstić information content (AvgIpc) is 3.25. The third-order valence-corrected chi connectivity index (χ3v) is 5.34. The number of nitrogens with zero attached hydrogens (tertiary/aromatic N) is 4. The number of aliphatic imine (C=N–C) groups is 1. The number of anilines is 1. The zero-order valence-corrected chi connectivity index (χ0v) is 18.2. The Morgan fingerprint density at radius 3 is 2.91 bits per heavy atom. The molecule has 2 aromatic heterocycles. The van der Waals surface area contributed by atoms with Gasteiger partial charge >= 0.3 is 0 Å². The first kappa shape index (κ1) is 20.3. The minimum absolute atomic E-state index is 0.561. The van der Waals surface area contributed by atoms with Gasteiger partial charge in [-0.2, -0.15) is 0 Å². The van der Waals surface area contributed by atoms with E-state index in [1.807, 2.05) is 48.6 Å². The summed E-state index contributed by atoms with van der Waals surface area (Å²) in [5, 5.41) is 4.39. The number of pyridine rings is 1. The lowest BCUT2D eigenvalue weighted by Crippen LogP contribution is -2.07. The highest BCUT2D eigenvalue weighted by molar-refractivity contribution is 6.10. The molecule has 2 aliphatic rings. The van der Waals surface area contributed by atoms with Gasteiger partial charge in [0.05, 0.1) is 24.0 Å². The highest BCUT2D eigenvalue weighted by Crippen LogP contribution is 2.29. The Bertz CT molecular complexity index is 1470. The van der Waals surface area contributed by atoms with Gasteiger partial charge in [-0.3, -0.25) is 9.98 Å². The van der Waals surface area contributed by atoms with Gasteiger partial charge in [0, 0.05) is 23.4 Å². The first-order valence-corrected chi connectivity index (χ1v) is 10.7. The zero-order valence-electron chi connectivity index (χ0n) is 18.2. The number of nitrogens with one attached hydrogen (secondary N) is 1. The molecule has 5 heteroatoms. The molecule has 0 saturated carbocycles. The van der Waals surface area contributed by atoms with Crippen molar-refractivity contribution in [3.8, 4) is 0 Å². The fourth-order valence-electron chi connectivity index (χ4n) is 3.65. The van der Waals surface area contributed by atoms with E-state index >= 15 is 0 Å². The fourth-order valence-corrected chi connectivity index (χ4v) is 3.65. The number of rotatable bonds is 5. The molecule has 0 unspecified atom stereocenters. The van der Waals surface area contributed by atoms with Gasteiger partial charge in [-0.1, -0.05) is 24.3 Å². The second-order valence-corrected chi connectivity index (χ2v) is 7.60. The van der Waals surface area contributed by atoms with Crippen LogP contribution in [0.3, 0.4) is 0 Å². The number of aromatic nitrogens is 3. The third kappa shape index (κ3) is 4.56.